The Hall–Kier alpha value is -2.53. The molecule has 2 aromatic rings. The van der Waals surface area contributed by atoms with Crippen molar-refractivity contribution in [3.63, 3.8) is 0 Å². The topological polar surface area (TPSA) is 58.6 Å². The number of hydrogen-bond donors (Lipinski definition) is 1. The second-order valence-electron chi connectivity index (χ2n) is 6.56. The first kappa shape index (κ1) is 21.8. The monoisotopic (exact) mass is 402 g/mol. The van der Waals surface area contributed by atoms with E-state index in [-0.39, 0.29) is 24.3 Å². The molecule has 0 aliphatic heterocycles. The van der Waals surface area contributed by atoms with Crippen molar-refractivity contribution in [2.75, 3.05) is 25.0 Å². The molecule has 1 unspecified atom stereocenters. The third-order valence-corrected chi connectivity index (χ3v) is 4.84. The minimum atomic E-state index is -0.0895. The third kappa shape index (κ3) is 6.27. The van der Waals surface area contributed by atoms with E-state index in [1.807, 2.05) is 51.1 Å². The Morgan fingerprint density at radius 2 is 1.79 bits per heavy atom. The number of ether oxygens (including phenoxy) is 1. The van der Waals surface area contributed by atoms with Crippen molar-refractivity contribution in [1.29, 1.82) is 0 Å². The Morgan fingerprint density at radius 1 is 1.11 bits per heavy atom. The number of amides is 2. The van der Waals surface area contributed by atoms with Gasteiger partial charge in [-0.05, 0) is 43.5 Å². The molecule has 0 radical (unpaired) electrons. The standard InChI is InChI=1S/C22H27ClN2O3/c1-4-25(5-2)22(27)15-28-20-12-11-18(14-19(20)23)24-21(26)13-16(3)17-9-7-6-8-10-17/h6-12,14,16H,4-5,13,15H2,1-3H3,(H,24,26). The molecule has 0 fully saturated rings. The van der Waals surface area contributed by atoms with Gasteiger partial charge in [0.1, 0.15) is 5.75 Å². The first-order chi connectivity index (χ1) is 13.4. The highest BCUT2D eigenvalue weighted by molar-refractivity contribution is 6.32. The number of benzene rings is 2. The first-order valence-corrected chi connectivity index (χ1v) is 9.87. The zero-order valence-corrected chi connectivity index (χ0v) is 17.3. The van der Waals surface area contributed by atoms with Crippen LogP contribution in [0.2, 0.25) is 5.02 Å². The maximum Gasteiger partial charge on any atom is 0.260 e. The fourth-order valence-corrected chi connectivity index (χ4v) is 3.13. The molecule has 0 aliphatic carbocycles. The number of likely N-dealkylation sites (N-methyl/N-ethyl adjacent to an activating group) is 1. The molecular formula is C22H27ClN2O3. The second kappa shape index (κ2) is 10.7. The first-order valence-electron chi connectivity index (χ1n) is 9.49. The summed E-state index contributed by atoms with van der Waals surface area (Å²) in [5.74, 6) is 0.356. The lowest BCUT2D eigenvalue weighted by Crippen LogP contribution is -2.34. The van der Waals surface area contributed by atoms with E-state index in [0.29, 0.717) is 36.0 Å². The van der Waals surface area contributed by atoms with Gasteiger partial charge in [0.15, 0.2) is 6.61 Å². The number of hydrogen-bond acceptors (Lipinski definition) is 3. The van der Waals surface area contributed by atoms with E-state index in [0.717, 1.165) is 5.56 Å². The van der Waals surface area contributed by atoms with Crippen molar-refractivity contribution in [2.24, 2.45) is 0 Å². The predicted octanol–water partition coefficient (Wildman–Crippen LogP) is 4.72. The maximum absolute atomic E-state index is 12.3. The van der Waals surface area contributed by atoms with Gasteiger partial charge in [-0.2, -0.15) is 0 Å². The van der Waals surface area contributed by atoms with Crippen molar-refractivity contribution >= 4 is 29.1 Å². The Balaban J connectivity index is 1.91. The zero-order chi connectivity index (χ0) is 20.5. The number of nitrogens with one attached hydrogen (secondary N) is 1. The Kier molecular flexibility index (Phi) is 8.33. The molecule has 2 amide bonds. The normalized spacial score (nSPS) is 11.6. The number of anilines is 1. The number of rotatable bonds is 9. The van der Waals surface area contributed by atoms with Gasteiger partial charge in [0.25, 0.3) is 5.91 Å². The van der Waals surface area contributed by atoms with Gasteiger partial charge in [-0.3, -0.25) is 9.59 Å². The van der Waals surface area contributed by atoms with Crippen molar-refractivity contribution in [3.05, 3.63) is 59.1 Å². The molecule has 6 heteroatoms. The van der Waals surface area contributed by atoms with Crippen LogP contribution in [0.15, 0.2) is 48.5 Å². The molecule has 0 heterocycles. The minimum Gasteiger partial charge on any atom is -0.482 e. The van der Waals surface area contributed by atoms with E-state index in [1.165, 1.54) is 0 Å². The van der Waals surface area contributed by atoms with Crippen LogP contribution in [-0.2, 0) is 9.59 Å². The number of carbonyl (C=O) groups excluding carboxylic acids is 2. The molecule has 1 N–H and O–H groups in total. The minimum absolute atomic E-state index is 0.0678. The van der Waals surface area contributed by atoms with Gasteiger partial charge < -0.3 is 15.0 Å². The smallest absolute Gasteiger partial charge is 0.260 e. The Labute approximate surface area is 171 Å². The Morgan fingerprint density at radius 3 is 2.39 bits per heavy atom. The average molecular weight is 403 g/mol. The van der Waals surface area contributed by atoms with Gasteiger partial charge >= 0.3 is 0 Å². The molecule has 0 aromatic heterocycles. The highest BCUT2D eigenvalue weighted by Gasteiger charge is 2.14. The van der Waals surface area contributed by atoms with E-state index < -0.39 is 0 Å². The fourth-order valence-electron chi connectivity index (χ4n) is 2.89. The van der Waals surface area contributed by atoms with E-state index in [1.54, 1.807) is 23.1 Å². The molecular weight excluding hydrogens is 376 g/mol. The quantitative estimate of drug-likeness (QED) is 0.660. The van der Waals surface area contributed by atoms with Gasteiger partial charge in [-0.1, -0.05) is 48.9 Å². The Bertz CT molecular complexity index is 792. The van der Waals surface area contributed by atoms with Crippen molar-refractivity contribution in [1.82, 2.24) is 4.90 Å². The molecule has 1 atom stereocenters. The van der Waals surface area contributed by atoms with Crippen molar-refractivity contribution in [2.45, 2.75) is 33.1 Å². The van der Waals surface area contributed by atoms with Crippen LogP contribution in [0.1, 0.15) is 38.7 Å². The summed E-state index contributed by atoms with van der Waals surface area (Å²) in [5.41, 5.74) is 1.72. The van der Waals surface area contributed by atoms with Crippen LogP contribution in [0.4, 0.5) is 5.69 Å². The molecule has 0 bridgehead atoms. The molecule has 0 saturated heterocycles. The summed E-state index contributed by atoms with van der Waals surface area (Å²) in [4.78, 5) is 26.0. The highest BCUT2D eigenvalue weighted by atomic mass is 35.5. The largest absolute Gasteiger partial charge is 0.482 e. The molecule has 28 heavy (non-hydrogen) atoms. The van der Waals surface area contributed by atoms with Crippen LogP contribution in [-0.4, -0.2) is 36.4 Å². The molecule has 2 rings (SSSR count). The molecule has 2 aromatic carbocycles. The third-order valence-electron chi connectivity index (χ3n) is 4.54. The number of nitrogens with zero attached hydrogens (tertiary/aromatic N) is 1. The zero-order valence-electron chi connectivity index (χ0n) is 16.6. The van der Waals surface area contributed by atoms with Gasteiger partial charge in [0, 0.05) is 25.2 Å². The van der Waals surface area contributed by atoms with Gasteiger partial charge in [0.2, 0.25) is 5.91 Å². The molecule has 5 nitrogen and oxygen atoms in total. The van der Waals surface area contributed by atoms with Crippen LogP contribution in [0.5, 0.6) is 5.75 Å². The fraction of sp³-hybridized carbons (Fsp3) is 0.364. The average Bonchev–Trinajstić information content (AvgIpc) is 2.68. The van der Waals surface area contributed by atoms with E-state index in [9.17, 15) is 9.59 Å². The summed E-state index contributed by atoms with van der Waals surface area (Å²) < 4.78 is 5.53. The lowest BCUT2D eigenvalue weighted by Gasteiger charge is -2.19. The lowest BCUT2D eigenvalue weighted by atomic mass is 9.97. The number of halogens is 1. The summed E-state index contributed by atoms with van der Waals surface area (Å²) in [5, 5.41) is 3.21. The van der Waals surface area contributed by atoms with E-state index in [4.69, 9.17) is 16.3 Å². The van der Waals surface area contributed by atoms with Crippen LogP contribution in [0.3, 0.4) is 0 Å². The molecule has 150 valence electrons. The summed E-state index contributed by atoms with van der Waals surface area (Å²) in [6.45, 7) is 7.07. The van der Waals surface area contributed by atoms with Gasteiger partial charge in [0.05, 0.1) is 5.02 Å². The van der Waals surface area contributed by atoms with Crippen LogP contribution in [0, 0.1) is 0 Å². The van der Waals surface area contributed by atoms with Crippen molar-refractivity contribution in [3.8, 4) is 5.75 Å². The lowest BCUT2D eigenvalue weighted by molar-refractivity contribution is -0.133. The van der Waals surface area contributed by atoms with Crippen LogP contribution in [0.25, 0.3) is 0 Å². The van der Waals surface area contributed by atoms with Gasteiger partial charge in [-0.25, -0.2) is 0 Å². The SMILES string of the molecule is CCN(CC)C(=O)COc1ccc(NC(=O)CC(C)c2ccccc2)cc1Cl. The second-order valence-corrected chi connectivity index (χ2v) is 6.97. The molecule has 0 aliphatic rings. The molecule has 0 spiro atoms. The summed E-state index contributed by atoms with van der Waals surface area (Å²) in [7, 11) is 0. The van der Waals surface area contributed by atoms with Crippen molar-refractivity contribution < 1.29 is 14.3 Å². The predicted molar refractivity (Wildman–Crippen MR) is 113 cm³/mol. The van der Waals surface area contributed by atoms with Crippen LogP contribution < -0.4 is 10.1 Å². The highest BCUT2D eigenvalue weighted by Crippen LogP contribution is 2.28. The molecule has 0 saturated carbocycles. The number of carbonyl (C=O) groups is 2. The van der Waals surface area contributed by atoms with Gasteiger partial charge in [-0.15, -0.1) is 0 Å². The summed E-state index contributed by atoms with van der Waals surface area (Å²) >= 11 is 6.24. The summed E-state index contributed by atoms with van der Waals surface area (Å²) in [6, 6.07) is 14.9. The maximum atomic E-state index is 12.3. The van der Waals surface area contributed by atoms with E-state index >= 15 is 0 Å². The van der Waals surface area contributed by atoms with E-state index in [2.05, 4.69) is 5.32 Å². The van der Waals surface area contributed by atoms with Crippen LogP contribution >= 0.6 is 11.6 Å². The summed E-state index contributed by atoms with van der Waals surface area (Å²) in [6.07, 6.45) is 0.373.